The lowest BCUT2D eigenvalue weighted by Gasteiger charge is -2.13. The fourth-order valence-electron chi connectivity index (χ4n) is 2.35. The van der Waals surface area contributed by atoms with E-state index < -0.39 is 11.7 Å². The third kappa shape index (κ3) is 2.66. The van der Waals surface area contributed by atoms with Crippen molar-refractivity contribution in [3.05, 3.63) is 65.4 Å². The number of alkyl halides is 3. The van der Waals surface area contributed by atoms with E-state index in [0.29, 0.717) is 0 Å². The summed E-state index contributed by atoms with van der Waals surface area (Å²) in [5.41, 5.74) is 1.64. The molecule has 0 amide bonds. The van der Waals surface area contributed by atoms with Gasteiger partial charge in [-0.3, -0.25) is 0 Å². The van der Waals surface area contributed by atoms with Crippen LogP contribution in [0.2, 0.25) is 0 Å². The topological polar surface area (TPSA) is 22.4 Å². The van der Waals surface area contributed by atoms with E-state index in [0.717, 1.165) is 28.2 Å². The van der Waals surface area contributed by atoms with Gasteiger partial charge >= 0.3 is 6.18 Å². The van der Waals surface area contributed by atoms with Crippen LogP contribution in [0.3, 0.4) is 0 Å². The van der Waals surface area contributed by atoms with Gasteiger partial charge in [-0.05, 0) is 24.6 Å². The Morgan fingerprint density at radius 1 is 1.05 bits per heavy atom. The maximum atomic E-state index is 12.9. The maximum absolute atomic E-state index is 12.9. The van der Waals surface area contributed by atoms with Crippen molar-refractivity contribution in [1.82, 2.24) is 0 Å². The summed E-state index contributed by atoms with van der Waals surface area (Å²) in [7, 11) is 0. The molecule has 0 atom stereocenters. The summed E-state index contributed by atoms with van der Waals surface area (Å²) in [6.07, 6.45) is -2.92. The average molecular weight is 306 g/mol. The Balaban J connectivity index is 1.88. The Hall–Kier alpha value is -2.43. The maximum Gasteiger partial charge on any atom is 0.419 e. The van der Waals surface area contributed by atoms with Gasteiger partial charge in [0.25, 0.3) is 0 Å². The summed E-state index contributed by atoms with van der Waals surface area (Å²) in [5.74, 6) is -0.183. The van der Waals surface area contributed by atoms with E-state index in [1.165, 1.54) is 24.5 Å². The van der Waals surface area contributed by atoms with Crippen molar-refractivity contribution in [3.63, 3.8) is 0 Å². The SMILES string of the molecule is Cc1cccc2c(COc3ccccc3C(F)(F)F)coc12. The second-order valence-electron chi connectivity index (χ2n) is 5.00. The molecule has 0 saturated heterocycles. The third-order valence-electron chi connectivity index (χ3n) is 3.45. The Morgan fingerprint density at radius 2 is 1.82 bits per heavy atom. The number of aryl methyl sites for hydroxylation is 1. The smallest absolute Gasteiger partial charge is 0.419 e. The van der Waals surface area contributed by atoms with Crippen LogP contribution in [0, 0.1) is 6.92 Å². The van der Waals surface area contributed by atoms with Gasteiger partial charge in [0, 0.05) is 10.9 Å². The van der Waals surface area contributed by atoms with Crippen molar-refractivity contribution in [1.29, 1.82) is 0 Å². The zero-order valence-electron chi connectivity index (χ0n) is 11.8. The van der Waals surface area contributed by atoms with Crippen LogP contribution >= 0.6 is 0 Å². The normalized spacial score (nSPS) is 11.8. The van der Waals surface area contributed by atoms with Crippen LogP contribution in [-0.4, -0.2) is 0 Å². The second-order valence-corrected chi connectivity index (χ2v) is 5.00. The zero-order chi connectivity index (χ0) is 15.7. The number of hydrogen-bond donors (Lipinski definition) is 0. The van der Waals surface area contributed by atoms with Crippen LogP contribution in [-0.2, 0) is 12.8 Å². The molecule has 3 aromatic rings. The second kappa shape index (κ2) is 5.40. The molecule has 0 bridgehead atoms. The summed E-state index contributed by atoms with van der Waals surface area (Å²) < 4.78 is 49.6. The van der Waals surface area contributed by atoms with E-state index in [1.807, 2.05) is 25.1 Å². The highest BCUT2D eigenvalue weighted by Crippen LogP contribution is 2.36. The van der Waals surface area contributed by atoms with Gasteiger partial charge in [0.15, 0.2) is 0 Å². The molecule has 0 fully saturated rings. The van der Waals surface area contributed by atoms with E-state index in [1.54, 1.807) is 0 Å². The molecule has 0 aliphatic heterocycles. The predicted octanol–water partition coefficient (Wildman–Crippen LogP) is 5.34. The number of fused-ring (bicyclic) bond motifs is 1. The molecule has 22 heavy (non-hydrogen) atoms. The molecule has 0 saturated carbocycles. The minimum atomic E-state index is -4.44. The van der Waals surface area contributed by atoms with E-state index in [9.17, 15) is 13.2 Å². The number of rotatable bonds is 3. The van der Waals surface area contributed by atoms with Gasteiger partial charge in [-0.1, -0.05) is 30.3 Å². The number of ether oxygens (including phenoxy) is 1. The minimum Gasteiger partial charge on any atom is -0.488 e. The lowest BCUT2D eigenvalue weighted by Crippen LogP contribution is -2.08. The fraction of sp³-hybridized carbons (Fsp3) is 0.176. The quantitative estimate of drug-likeness (QED) is 0.652. The van der Waals surface area contributed by atoms with Crippen LogP contribution in [0.15, 0.2) is 53.1 Å². The molecule has 0 N–H and O–H groups in total. The number of benzene rings is 2. The Morgan fingerprint density at radius 3 is 2.59 bits per heavy atom. The van der Waals surface area contributed by atoms with Crippen LogP contribution in [0.1, 0.15) is 16.7 Å². The van der Waals surface area contributed by atoms with Crippen LogP contribution in [0.5, 0.6) is 5.75 Å². The van der Waals surface area contributed by atoms with Crippen molar-refractivity contribution in [2.75, 3.05) is 0 Å². The Bertz CT molecular complexity index is 803. The molecule has 2 aromatic carbocycles. The number of halogens is 3. The number of hydrogen-bond acceptors (Lipinski definition) is 2. The predicted molar refractivity (Wildman–Crippen MR) is 76.7 cm³/mol. The standard InChI is InChI=1S/C17H13F3O2/c1-11-5-4-6-13-12(10-22-16(11)13)9-21-15-8-3-2-7-14(15)17(18,19)20/h2-8,10H,9H2,1H3. The lowest BCUT2D eigenvalue weighted by atomic mass is 10.1. The Kier molecular flexibility index (Phi) is 3.56. The molecule has 2 nitrogen and oxygen atoms in total. The third-order valence-corrected chi connectivity index (χ3v) is 3.45. The largest absolute Gasteiger partial charge is 0.488 e. The molecule has 0 aliphatic rings. The molecule has 0 radical (unpaired) electrons. The van der Waals surface area contributed by atoms with Gasteiger partial charge in [-0.2, -0.15) is 13.2 Å². The van der Waals surface area contributed by atoms with Gasteiger partial charge in [0.1, 0.15) is 17.9 Å². The Labute approximate surface area is 125 Å². The van der Waals surface area contributed by atoms with E-state index >= 15 is 0 Å². The molecule has 1 aromatic heterocycles. The summed E-state index contributed by atoms with van der Waals surface area (Å²) in [5, 5.41) is 0.851. The van der Waals surface area contributed by atoms with Crippen molar-refractivity contribution in [2.24, 2.45) is 0 Å². The van der Waals surface area contributed by atoms with Gasteiger partial charge in [-0.25, -0.2) is 0 Å². The first-order chi connectivity index (χ1) is 10.5. The van der Waals surface area contributed by atoms with Gasteiger partial charge < -0.3 is 9.15 Å². The van der Waals surface area contributed by atoms with Crippen molar-refractivity contribution >= 4 is 11.0 Å². The van der Waals surface area contributed by atoms with Crippen molar-refractivity contribution < 1.29 is 22.3 Å². The number of furan rings is 1. The van der Waals surface area contributed by atoms with E-state index in [4.69, 9.17) is 9.15 Å². The molecule has 5 heteroatoms. The molecule has 114 valence electrons. The summed E-state index contributed by atoms with van der Waals surface area (Å²) >= 11 is 0. The fourth-order valence-corrected chi connectivity index (χ4v) is 2.35. The van der Waals surface area contributed by atoms with Crippen LogP contribution < -0.4 is 4.74 Å². The lowest BCUT2D eigenvalue weighted by molar-refractivity contribution is -0.139. The van der Waals surface area contributed by atoms with E-state index in [-0.39, 0.29) is 12.4 Å². The minimum absolute atomic E-state index is 0.0174. The summed E-state index contributed by atoms with van der Waals surface area (Å²) in [6.45, 7) is 1.93. The molecular formula is C17H13F3O2. The molecule has 3 rings (SSSR count). The highest BCUT2D eigenvalue weighted by molar-refractivity contribution is 5.83. The van der Waals surface area contributed by atoms with Crippen molar-refractivity contribution in [2.45, 2.75) is 19.7 Å². The highest BCUT2D eigenvalue weighted by atomic mass is 19.4. The number of para-hydroxylation sites is 2. The van der Waals surface area contributed by atoms with E-state index in [2.05, 4.69) is 0 Å². The molecule has 0 spiro atoms. The first-order valence-corrected chi connectivity index (χ1v) is 6.71. The molecule has 0 aliphatic carbocycles. The first kappa shape index (κ1) is 14.5. The molecule has 0 unspecified atom stereocenters. The van der Waals surface area contributed by atoms with Crippen LogP contribution in [0.4, 0.5) is 13.2 Å². The first-order valence-electron chi connectivity index (χ1n) is 6.71. The zero-order valence-corrected chi connectivity index (χ0v) is 11.8. The average Bonchev–Trinajstić information content (AvgIpc) is 2.89. The molecular weight excluding hydrogens is 293 g/mol. The summed E-state index contributed by atoms with van der Waals surface area (Å²) in [6, 6.07) is 10.8. The van der Waals surface area contributed by atoms with Gasteiger partial charge in [0.05, 0.1) is 11.8 Å². The van der Waals surface area contributed by atoms with Gasteiger partial charge in [0.2, 0.25) is 0 Å². The monoisotopic (exact) mass is 306 g/mol. The highest BCUT2D eigenvalue weighted by Gasteiger charge is 2.34. The molecule has 1 heterocycles. The van der Waals surface area contributed by atoms with Gasteiger partial charge in [-0.15, -0.1) is 0 Å². The van der Waals surface area contributed by atoms with Crippen LogP contribution in [0.25, 0.3) is 11.0 Å². The summed E-state index contributed by atoms with van der Waals surface area (Å²) in [4.78, 5) is 0. The van der Waals surface area contributed by atoms with Crippen molar-refractivity contribution in [3.8, 4) is 5.75 Å².